The van der Waals surface area contributed by atoms with Crippen LogP contribution in [0.1, 0.15) is 97.9 Å². The summed E-state index contributed by atoms with van der Waals surface area (Å²) in [4.78, 5) is 55.1. The number of hydrogen-bond acceptors (Lipinski definition) is 7. The van der Waals surface area contributed by atoms with E-state index in [0.29, 0.717) is 16.8 Å². The van der Waals surface area contributed by atoms with Crippen LogP contribution < -0.4 is 10.6 Å². The number of anilines is 1. The number of rotatable bonds is 14. The van der Waals surface area contributed by atoms with Crippen molar-refractivity contribution in [3.8, 4) is 0 Å². The van der Waals surface area contributed by atoms with Crippen LogP contribution in [0.3, 0.4) is 0 Å². The highest BCUT2D eigenvalue weighted by atomic mass is 16.5. The second-order valence-electron chi connectivity index (χ2n) is 17.4. The van der Waals surface area contributed by atoms with Gasteiger partial charge in [-0.1, -0.05) is 103 Å². The first-order chi connectivity index (χ1) is 29.7. The first kappa shape index (κ1) is 39.8. The summed E-state index contributed by atoms with van der Waals surface area (Å²) in [5, 5.41) is 20.6. The van der Waals surface area contributed by atoms with Gasteiger partial charge in [0.05, 0.1) is 28.1 Å². The molecular formula is C51H48N3O7-. The number of para-hydroxylation sites is 1. The van der Waals surface area contributed by atoms with E-state index in [1.165, 1.54) is 56.7 Å². The molecule has 10 heteroatoms. The van der Waals surface area contributed by atoms with Gasteiger partial charge in [-0.25, -0.2) is 9.59 Å². The van der Waals surface area contributed by atoms with E-state index >= 15 is 0 Å². The first-order valence-electron chi connectivity index (χ1n) is 21.2. The van der Waals surface area contributed by atoms with Crippen molar-refractivity contribution < 1.29 is 28.7 Å². The molecule has 2 N–H and O–H groups in total. The van der Waals surface area contributed by atoms with Crippen LogP contribution in [-0.4, -0.2) is 35.0 Å². The summed E-state index contributed by atoms with van der Waals surface area (Å²) >= 11 is 0. The largest absolute Gasteiger partial charge is 0.805 e. The van der Waals surface area contributed by atoms with E-state index in [-0.39, 0.29) is 47.6 Å². The second-order valence-corrected chi connectivity index (χ2v) is 17.4. The van der Waals surface area contributed by atoms with Gasteiger partial charge in [0.2, 0.25) is 5.91 Å². The van der Waals surface area contributed by atoms with Gasteiger partial charge in [0, 0.05) is 23.3 Å². The Morgan fingerprint density at radius 1 is 0.672 bits per heavy atom. The number of nitrogens with one attached hydrogen (secondary N) is 2. The van der Waals surface area contributed by atoms with Gasteiger partial charge in [0.15, 0.2) is 0 Å². The maximum Gasteiger partial charge on any atom is 0.338 e. The van der Waals surface area contributed by atoms with Gasteiger partial charge in [-0.15, -0.1) is 0 Å². The van der Waals surface area contributed by atoms with E-state index in [1.807, 2.05) is 78.9 Å². The van der Waals surface area contributed by atoms with Gasteiger partial charge >= 0.3 is 11.9 Å². The van der Waals surface area contributed by atoms with Gasteiger partial charge in [-0.05, 0) is 115 Å². The van der Waals surface area contributed by atoms with Crippen LogP contribution in [-0.2, 0) is 33.9 Å². The SMILES string of the molecule is O=C(OCc1ccccc1)c1cc(NC(=O)C(CNC(=O)c2cccc3cc(CC45CC6CC(CC(C6)C4)C5)n([O-])c23)c2ccccc2)cc(C(=O)OCc2ccccc2)c1. The summed E-state index contributed by atoms with van der Waals surface area (Å²) in [6.45, 7) is -0.0858. The molecule has 1 atom stereocenters. The Labute approximate surface area is 354 Å². The number of hydrogen-bond donors (Lipinski definition) is 2. The minimum Gasteiger partial charge on any atom is -0.805 e. The molecule has 10 rings (SSSR count). The smallest absolute Gasteiger partial charge is 0.338 e. The number of fused-ring (bicyclic) bond motifs is 1. The maximum absolute atomic E-state index is 14.3. The third kappa shape index (κ3) is 8.80. The normalized spacial score (nSPS) is 20.5. The number of amides is 2. The van der Waals surface area contributed by atoms with E-state index in [1.54, 1.807) is 36.4 Å². The van der Waals surface area contributed by atoms with Crippen LogP contribution >= 0.6 is 0 Å². The summed E-state index contributed by atoms with van der Waals surface area (Å²) in [5.41, 5.74) is 3.91. The van der Waals surface area contributed by atoms with Crippen LogP contribution in [0.4, 0.5) is 5.69 Å². The molecule has 310 valence electrons. The molecule has 1 aromatic heterocycles. The van der Waals surface area contributed by atoms with Crippen molar-refractivity contribution in [1.82, 2.24) is 10.0 Å². The van der Waals surface area contributed by atoms with Crippen LogP contribution in [0.25, 0.3) is 10.9 Å². The molecule has 4 bridgehead atoms. The van der Waals surface area contributed by atoms with Crippen molar-refractivity contribution in [1.29, 1.82) is 0 Å². The van der Waals surface area contributed by atoms with Gasteiger partial charge in [-0.2, -0.15) is 0 Å². The van der Waals surface area contributed by atoms with Crippen molar-refractivity contribution in [3.63, 3.8) is 0 Å². The van der Waals surface area contributed by atoms with Crippen LogP contribution in [0.15, 0.2) is 133 Å². The summed E-state index contributed by atoms with van der Waals surface area (Å²) in [6, 6.07) is 39.0. The lowest BCUT2D eigenvalue weighted by molar-refractivity contribution is -0.117. The van der Waals surface area contributed by atoms with E-state index in [4.69, 9.17) is 9.47 Å². The molecule has 61 heavy (non-hydrogen) atoms. The summed E-state index contributed by atoms with van der Waals surface area (Å²) in [7, 11) is 0. The Morgan fingerprint density at radius 3 is 1.77 bits per heavy atom. The first-order valence-corrected chi connectivity index (χ1v) is 21.2. The van der Waals surface area contributed by atoms with Crippen molar-refractivity contribution >= 4 is 40.3 Å². The molecule has 0 radical (unpaired) electrons. The molecule has 5 aromatic carbocycles. The zero-order chi connectivity index (χ0) is 41.9. The predicted octanol–water partition coefficient (Wildman–Crippen LogP) is 9.61. The van der Waals surface area contributed by atoms with Gasteiger partial charge in [0.1, 0.15) is 13.2 Å². The molecule has 4 fully saturated rings. The minimum atomic E-state index is -0.891. The Balaban J connectivity index is 0.940. The Morgan fingerprint density at radius 2 is 1.21 bits per heavy atom. The van der Waals surface area contributed by atoms with Crippen molar-refractivity contribution in [2.75, 3.05) is 11.9 Å². The minimum absolute atomic E-state index is 0.00790. The standard InChI is InChI=1S/C51H48N3O7/c55-47(44-18-10-17-39-25-43(54(59)46(39)44)29-51-26-35-19-36(27-51)21-37(20-35)28-51)52-30-45(38-15-8-3-9-16-38)48(56)53-42-23-40(49(57)60-31-33-11-4-1-5-12-33)22-41(24-42)50(58)61-32-34-13-6-2-7-14-34/h1-18,22-25,35-37,45H,19-21,26-32H2,(H,52,55)(H,53,56)/q-1. The average molecular weight is 815 g/mol. The number of nitrogens with zero attached hydrogens (tertiary/aromatic N) is 1. The third-order valence-electron chi connectivity index (χ3n) is 12.9. The van der Waals surface area contributed by atoms with Crippen molar-refractivity contribution in [2.45, 2.75) is 64.1 Å². The summed E-state index contributed by atoms with van der Waals surface area (Å²) in [6.07, 6.45) is 8.24. The Bertz CT molecular complexity index is 2460. The maximum atomic E-state index is 14.3. The zero-order valence-electron chi connectivity index (χ0n) is 33.9. The fraction of sp³-hybridized carbons (Fsp3) is 0.294. The molecule has 4 aliphatic rings. The number of aromatic nitrogens is 1. The van der Waals surface area contributed by atoms with E-state index in [9.17, 15) is 24.4 Å². The quantitative estimate of drug-likeness (QED) is 0.104. The molecule has 2 amide bonds. The molecule has 0 aliphatic heterocycles. The number of carbonyl (C=O) groups excluding carboxylic acids is 4. The molecule has 10 nitrogen and oxygen atoms in total. The highest BCUT2D eigenvalue weighted by Crippen LogP contribution is 2.61. The average Bonchev–Trinajstić information content (AvgIpc) is 3.58. The van der Waals surface area contributed by atoms with Gasteiger partial charge in [-0.3, -0.25) is 9.59 Å². The molecule has 6 aromatic rings. The highest BCUT2D eigenvalue weighted by Gasteiger charge is 2.50. The molecule has 0 saturated heterocycles. The number of carbonyl (C=O) groups is 4. The number of ether oxygens (including phenoxy) is 2. The monoisotopic (exact) mass is 814 g/mol. The Hall–Kier alpha value is -6.68. The molecule has 4 saturated carbocycles. The molecule has 0 spiro atoms. The highest BCUT2D eigenvalue weighted by molar-refractivity contribution is 6.07. The van der Waals surface area contributed by atoms with Gasteiger partial charge in [0.25, 0.3) is 5.91 Å². The van der Waals surface area contributed by atoms with Crippen LogP contribution in [0, 0.1) is 28.4 Å². The van der Waals surface area contributed by atoms with Crippen molar-refractivity contribution in [3.05, 3.63) is 178 Å². The van der Waals surface area contributed by atoms with E-state index in [0.717, 1.165) is 45.4 Å². The van der Waals surface area contributed by atoms with Crippen LogP contribution in [0.5, 0.6) is 0 Å². The van der Waals surface area contributed by atoms with Crippen molar-refractivity contribution in [2.24, 2.45) is 23.2 Å². The second kappa shape index (κ2) is 17.1. The lowest BCUT2D eigenvalue weighted by Crippen LogP contribution is -2.47. The van der Waals surface area contributed by atoms with E-state index < -0.39 is 29.7 Å². The topological polar surface area (TPSA) is 139 Å². The molecule has 1 heterocycles. The zero-order valence-corrected chi connectivity index (χ0v) is 33.9. The Kier molecular flexibility index (Phi) is 11.2. The molecule has 1 unspecified atom stereocenters. The lowest BCUT2D eigenvalue weighted by Gasteiger charge is -2.57. The fourth-order valence-electron chi connectivity index (χ4n) is 10.6. The van der Waals surface area contributed by atoms with Crippen LogP contribution in [0.2, 0.25) is 0 Å². The predicted molar refractivity (Wildman–Crippen MR) is 233 cm³/mol. The molecule has 4 aliphatic carbocycles. The summed E-state index contributed by atoms with van der Waals surface area (Å²) in [5.74, 6) is -0.945. The van der Waals surface area contributed by atoms with E-state index in [2.05, 4.69) is 10.6 Å². The lowest BCUT2D eigenvalue weighted by atomic mass is 9.48. The number of benzene rings is 5. The third-order valence-corrected chi connectivity index (χ3v) is 12.9. The fourth-order valence-corrected chi connectivity index (χ4v) is 10.6. The summed E-state index contributed by atoms with van der Waals surface area (Å²) < 4.78 is 12.1. The van der Waals surface area contributed by atoms with Gasteiger partial charge < -0.3 is 30.0 Å². The molecular weight excluding hydrogens is 767 g/mol. The number of esters is 2.